The SMILES string of the molecule is O=C(O)CNC(c1ccccc1)C1CCC1. The van der Waals surface area contributed by atoms with Crippen molar-refractivity contribution in [3.8, 4) is 0 Å². The molecule has 1 fully saturated rings. The second kappa shape index (κ2) is 5.12. The van der Waals surface area contributed by atoms with Crippen LogP contribution in [0.5, 0.6) is 0 Å². The van der Waals surface area contributed by atoms with Gasteiger partial charge in [-0.1, -0.05) is 36.8 Å². The summed E-state index contributed by atoms with van der Waals surface area (Å²) in [6.07, 6.45) is 3.67. The van der Waals surface area contributed by atoms with Gasteiger partial charge >= 0.3 is 5.97 Å². The number of carboxylic acid groups (broad SMARTS) is 1. The van der Waals surface area contributed by atoms with Gasteiger partial charge in [-0.15, -0.1) is 0 Å². The summed E-state index contributed by atoms with van der Waals surface area (Å²) in [5.41, 5.74) is 1.20. The average Bonchev–Trinajstić information content (AvgIpc) is 2.22. The molecule has 0 heterocycles. The minimum Gasteiger partial charge on any atom is -0.480 e. The first-order valence-corrected chi connectivity index (χ1v) is 5.77. The summed E-state index contributed by atoms with van der Waals surface area (Å²) in [5.74, 6) is -0.193. The van der Waals surface area contributed by atoms with E-state index in [9.17, 15) is 4.79 Å². The zero-order chi connectivity index (χ0) is 11.4. The molecular weight excluding hydrogens is 202 g/mol. The first kappa shape index (κ1) is 11.1. The van der Waals surface area contributed by atoms with E-state index in [0.717, 1.165) is 0 Å². The smallest absolute Gasteiger partial charge is 0.317 e. The van der Waals surface area contributed by atoms with E-state index in [-0.39, 0.29) is 12.6 Å². The molecule has 86 valence electrons. The van der Waals surface area contributed by atoms with E-state index < -0.39 is 5.97 Å². The van der Waals surface area contributed by atoms with Gasteiger partial charge in [0.15, 0.2) is 0 Å². The average molecular weight is 219 g/mol. The Kier molecular flexibility index (Phi) is 3.57. The summed E-state index contributed by atoms with van der Waals surface area (Å²) in [4.78, 5) is 10.6. The third-order valence-electron chi connectivity index (χ3n) is 3.25. The zero-order valence-corrected chi connectivity index (χ0v) is 9.23. The summed E-state index contributed by atoms with van der Waals surface area (Å²) < 4.78 is 0. The highest BCUT2D eigenvalue weighted by molar-refractivity contribution is 5.69. The molecule has 0 radical (unpaired) electrons. The Bertz CT molecular complexity index is 346. The first-order valence-electron chi connectivity index (χ1n) is 5.77. The highest BCUT2D eigenvalue weighted by Gasteiger charge is 2.28. The topological polar surface area (TPSA) is 49.3 Å². The monoisotopic (exact) mass is 219 g/mol. The van der Waals surface area contributed by atoms with Crippen molar-refractivity contribution in [2.75, 3.05) is 6.54 Å². The lowest BCUT2D eigenvalue weighted by Gasteiger charge is -2.34. The molecule has 1 saturated carbocycles. The summed E-state index contributed by atoms with van der Waals surface area (Å²) in [7, 11) is 0. The van der Waals surface area contributed by atoms with Crippen LogP contribution in [-0.2, 0) is 4.79 Å². The Hall–Kier alpha value is -1.35. The maximum Gasteiger partial charge on any atom is 0.317 e. The van der Waals surface area contributed by atoms with Crippen molar-refractivity contribution in [3.05, 3.63) is 35.9 Å². The normalized spacial score (nSPS) is 17.8. The maximum atomic E-state index is 10.6. The molecule has 1 aliphatic carbocycles. The van der Waals surface area contributed by atoms with Crippen LogP contribution in [0.15, 0.2) is 30.3 Å². The molecule has 0 aromatic heterocycles. The van der Waals surface area contributed by atoms with E-state index in [1.54, 1.807) is 0 Å². The lowest BCUT2D eigenvalue weighted by atomic mass is 9.77. The third kappa shape index (κ3) is 2.61. The number of hydrogen-bond donors (Lipinski definition) is 2. The van der Waals surface area contributed by atoms with Crippen molar-refractivity contribution in [2.45, 2.75) is 25.3 Å². The van der Waals surface area contributed by atoms with E-state index in [1.807, 2.05) is 18.2 Å². The Morgan fingerprint density at radius 2 is 2.06 bits per heavy atom. The predicted octanol–water partition coefficient (Wildman–Crippen LogP) is 2.20. The van der Waals surface area contributed by atoms with E-state index in [4.69, 9.17) is 5.11 Å². The molecule has 1 atom stereocenters. The maximum absolute atomic E-state index is 10.6. The van der Waals surface area contributed by atoms with Gasteiger partial charge in [-0.25, -0.2) is 0 Å². The highest BCUT2D eigenvalue weighted by Crippen LogP contribution is 2.37. The molecule has 3 heteroatoms. The van der Waals surface area contributed by atoms with Gasteiger partial charge in [0.2, 0.25) is 0 Å². The minimum atomic E-state index is -0.791. The van der Waals surface area contributed by atoms with Crippen LogP contribution in [0.1, 0.15) is 30.9 Å². The van der Waals surface area contributed by atoms with Crippen molar-refractivity contribution in [3.63, 3.8) is 0 Å². The molecule has 0 aliphatic heterocycles. The molecule has 3 nitrogen and oxygen atoms in total. The second-order valence-corrected chi connectivity index (χ2v) is 4.35. The molecule has 2 N–H and O–H groups in total. The number of aliphatic carboxylic acids is 1. The molecule has 16 heavy (non-hydrogen) atoms. The Labute approximate surface area is 95.5 Å². The van der Waals surface area contributed by atoms with Crippen LogP contribution in [0.3, 0.4) is 0 Å². The van der Waals surface area contributed by atoms with Gasteiger partial charge in [-0.2, -0.15) is 0 Å². The van der Waals surface area contributed by atoms with Gasteiger partial charge in [0, 0.05) is 6.04 Å². The Morgan fingerprint density at radius 3 is 2.56 bits per heavy atom. The summed E-state index contributed by atoms with van der Waals surface area (Å²) >= 11 is 0. The summed E-state index contributed by atoms with van der Waals surface area (Å²) in [6.45, 7) is 0.0378. The third-order valence-corrected chi connectivity index (χ3v) is 3.25. The number of rotatable bonds is 5. The van der Waals surface area contributed by atoms with Crippen molar-refractivity contribution >= 4 is 5.97 Å². The quantitative estimate of drug-likeness (QED) is 0.798. The van der Waals surface area contributed by atoms with Gasteiger partial charge in [0.1, 0.15) is 0 Å². The van der Waals surface area contributed by atoms with Gasteiger partial charge < -0.3 is 5.11 Å². The number of carbonyl (C=O) groups is 1. The molecule has 1 aliphatic rings. The summed E-state index contributed by atoms with van der Waals surface area (Å²) in [5, 5.41) is 11.9. The van der Waals surface area contributed by atoms with Crippen molar-refractivity contribution in [1.82, 2.24) is 5.32 Å². The zero-order valence-electron chi connectivity index (χ0n) is 9.23. The van der Waals surface area contributed by atoms with Crippen LogP contribution in [0.2, 0.25) is 0 Å². The molecule has 1 aromatic rings. The van der Waals surface area contributed by atoms with Crippen LogP contribution < -0.4 is 5.32 Å². The van der Waals surface area contributed by atoms with Crippen molar-refractivity contribution in [2.24, 2.45) is 5.92 Å². The Morgan fingerprint density at radius 1 is 1.38 bits per heavy atom. The Balaban J connectivity index is 2.05. The largest absolute Gasteiger partial charge is 0.480 e. The minimum absolute atomic E-state index is 0.0378. The lowest BCUT2D eigenvalue weighted by molar-refractivity contribution is -0.136. The number of nitrogens with one attached hydrogen (secondary N) is 1. The molecule has 0 spiro atoms. The molecular formula is C13H17NO2. The van der Waals surface area contributed by atoms with Crippen molar-refractivity contribution < 1.29 is 9.90 Å². The van der Waals surface area contributed by atoms with Crippen LogP contribution in [0.4, 0.5) is 0 Å². The molecule has 0 amide bonds. The van der Waals surface area contributed by atoms with Crippen LogP contribution in [0, 0.1) is 5.92 Å². The summed E-state index contributed by atoms with van der Waals surface area (Å²) in [6, 6.07) is 10.3. The van der Waals surface area contributed by atoms with Crippen molar-refractivity contribution in [1.29, 1.82) is 0 Å². The van der Waals surface area contributed by atoms with Gasteiger partial charge in [0.05, 0.1) is 6.54 Å². The molecule has 0 saturated heterocycles. The van der Waals surface area contributed by atoms with Crippen LogP contribution in [0.25, 0.3) is 0 Å². The fourth-order valence-corrected chi connectivity index (χ4v) is 2.19. The van der Waals surface area contributed by atoms with Crippen LogP contribution in [-0.4, -0.2) is 17.6 Å². The first-order chi connectivity index (χ1) is 7.77. The van der Waals surface area contributed by atoms with E-state index in [0.29, 0.717) is 5.92 Å². The number of hydrogen-bond acceptors (Lipinski definition) is 2. The predicted molar refractivity (Wildman–Crippen MR) is 62.2 cm³/mol. The molecule has 0 bridgehead atoms. The van der Waals surface area contributed by atoms with Gasteiger partial charge in [-0.05, 0) is 24.3 Å². The second-order valence-electron chi connectivity index (χ2n) is 4.35. The number of benzene rings is 1. The number of carboxylic acids is 1. The molecule has 2 rings (SSSR count). The molecule has 1 aromatic carbocycles. The molecule has 1 unspecified atom stereocenters. The van der Waals surface area contributed by atoms with Gasteiger partial charge in [0.25, 0.3) is 0 Å². The lowest BCUT2D eigenvalue weighted by Crippen LogP contribution is -2.35. The van der Waals surface area contributed by atoms with Crippen LogP contribution >= 0.6 is 0 Å². The van der Waals surface area contributed by atoms with E-state index in [2.05, 4.69) is 17.4 Å². The van der Waals surface area contributed by atoms with Gasteiger partial charge in [-0.3, -0.25) is 10.1 Å². The van der Waals surface area contributed by atoms with E-state index >= 15 is 0 Å². The fraction of sp³-hybridized carbons (Fsp3) is 0.462. The van der Waals surface area contributed by atoms with E-state index in [1.165, 1.54) is 24.8 Å². The fourth-order valence-electron chi connectivity index (χ4n) is 2.19. The highest BCUT2D eigenvalue weighted by atomic mass is 16.4. The standard InChI is InChI=1S/C13H17NO2/c15-12(16)9-14-13(11-7-4-8-11)10-5-2-1-3-6-10/h1-3,5-6,11,13-14H,4,7-9H2,(H,15,16).